The maximum Gasteiger partial charge on any atom is 0.196 e. The Morgan fingerprint density at radius 2 is 2.27 bits per heavy atom. The van der Waals surface area contributed by atoms with Crippen molar-refractivity contribution in [1.29, 1.82) is 0 Å². The van der Waals surface area contributed by atoms with Crippen LogP contribution in [0.25, 0.3) is 0 Å². The van der Waals surface area contributed by atoms with Crippen molar-refractivity contribution < 1.29 is 13.6 Å². The highest BCUT2D eigenvalue weighted by Gasteiger charge is 2.07. The Morgan fingerprint density at radius 1 is 1.40 bits per heavy atom. The van der Waals surface area contributed by atoms with Crippen LogP contribution in [-0.2, 0) is 6.54 Å². The van der Waals surface area contributed by atoms with Gasteiger partial charge in [0, 0.05) is 25.2 Å². The number of furan rings is 2. The third kappa shape index (κ3) is 2.10. The van der Waals surface area contributed by atoms with Gasteiger partial charge in [0.25, 0.3) is 0 Å². The van der Waals surface area contributed by atoms with E-state index < -0.39 is 0 Å². The molecule has 0 bridgehead atoms. The van der Waals surface area contributed by atoms with E-state index in [0.29, 0.717) is 24.5 Å². The molecule has 0 fully saturated rings. The average molecular weight is 205 g/mol. The van der Waals surface area contributed by atoms with Crippen molar-refractivity contribution in [3.8, 4) is 0 Å². The lowest BCUT2D eigenvalue weighted by atomic mass is 10.3. The van der Waals surface area contributed by atoms with Crippen molar-refractivity contribution in [1.82, 2.24) is 0 Å². The number of hydrogen-bond acceptors (Lipinski definition) is 4. The quantitative estimate of drug-likeness (QED) is 0.718. The van der Waals surface area contributed by atoms with Gasteiger partial charge in [0.2, 0.25) is 0 Å². The summed E-state index contributed by atoms with van der Waals surface area (Å²) < 4.78 is 10.2. The second kappa shape index (κ2) is 4.04. The largest absolute Gasteiger partial charge is 0.472 e. The minimum atomic E-state index is 0.337. The Morgan fingerprint density at radius 3 is 2.87 bits per heavy atom. The molecule has 4 nitrogen and oxygen atoms in total. The molecule has 0 unspecified atom stereocenters. The van der Waals surface area contributed by atoms with E-state index in [1.165, 1.54) is 0 Å². The maximum absolute atomic E-state index is 10.4. The second-order valence-electron chi connectivity index (χ2n) is 3.28. The van der Waals surface area contributed by atoms with Crippen molar-refractivity contribution in [3.63, 3.8) is 0 Å². The van der Waals surface area contributed by atoms with E-state index >= 15 is 0 Å². The summed E-state index contributed by atoms with van der Waals surface area (Å²) >= 11 is 0. The second-order valence-corrected chi connectivity index (χ2v) is 3.28. The number of carbonyl (C=O) groups excluding carboxylic acids is 1. The van der Waals surface area contributed by atoms with Crippen LogP contribution in [-0.4, -0.2) is 13.3 Å². The van der Waals surface area contributed by atoms with Crippen LogP contribution in [0.5, 0.6) is 0 Å². The van der Waals surface area contributed by atoms with Crippen LogP contribution in [0.15, 0.2) is 39.6 Å². The molecular weight excluding hydrogens is 194 g/mol. The molecule has 0 radical (unpaired) electrons. The van der Waals surface area contributed by atoms with Gasteiger partial charge in [-0.3, -0.25) is 4.79 Å². The van der Waals surface area contributed by atoms with E-state index in [1.807, 2.05) is 18.0 Å². The summed E-state index contributed by atoms with van der Waals surface area (Å²) in [5.41, 5.74) is 1.06. The lowest BCUT2D eigenvalue weighted by Crippen LogP contribution is -2.14. The number of aldehydes is 1. The van der Waals surface area contributed by atoms with Crippen molar-refractivity contribution in [2.45, 2.75) is 6.54 Å². The van der Waals surface area contributed by atoms with Gasteiger partial charge < -0.3 is 13.7 Å². The Hall–Kier alpha value is -1.97. The summed E-state index contributed by atoms with van der Waals surface area (Å²) in [6.07, 6.45) is 4.00. The first kappa shape index (κ1) is 9.58. The fraction of sp³-hybridized carbons (Fsp3) is 0.182. The molecule has 0 aliphatic carbocycles. The summed E-state index contributed by atoms with van der Waals surface area (Å²) in [7, 11) is 1.89. The van der Waals surface area contributed by atoms with Crippen molar-refractivity contribution in [3.05, 3.63) is 42.0 Å². The van der Waals surface area contributed by atoms with Crippen LogP contribution >= 0.6 is 0 Å². The molecule has 0 saturated heterocycles. The predicted molar refractivity (Wildman–Crippen MR) is 54.9 cm³/mol. The Labute approximate surface area is 87.1 Å². The molecule has 0 aromatic carbocycles. The molecular formula is C11H11NO3. The third-order valence-corrected chi connectivity index (χ3v) is 2.10. The van der Waals surface area contributed by atoms with Crippen LogP contribution in [0.2, 0.25) is 0 Å². The van der Waals surface area contributed by atoms with E-state index in [-0.39, 0.29) is 0 Å². The highest BCUT2D eigenvalue weighted by Crippen LogP contribution is 2.18. The summed E-state index contributed by atoms with van der Waals surface area (Å²) in [4.78, 5) is 12.3. The lowest BCUT2D eigenvalue weighted by Gasteiger charge is -2.13. The predicted octanol–water partition coefficient (Wildman–Crippen LogP) is 2.32. The minimum Gasteiger partial charge on any atom is -0.472 e. The molecule has 78 valence electrons. The summed E-state index contributed by atoms with van der Waals surface area (Å²) in [6, 6.07) is 5.30. The molecule has 2 heterocycles. The number of nitrogens with zero attached hydrogens (tertiary/aromatic N) is 1. The Bertz CT molecular complexity index is 430. The fourth-order valence-corrected chi connectivity index (χ4v) is 1.35. The highest BCUT2D eigenvalue weighted by molar-refractivity contribution is 5.71. The van der Waals surface area contributed by atoms with E-state index in [1.54, 1.807) is 24.7 Å². The molecule has 4 heteroatoms. The molecule has 2 aromatic heterocycles. The van der Waals surface area contributed by atoms with Gasteiger partial charge in [0.1, 0.15) is 0 Å². The maximum atomic E-state index is 10.4. The number of anilines is 1. The summed E-state index contributed by atoms with van der Waals surface area (Å²) in [5, 5.41) is 0. The van der Waals surface area contributed by atoms with Gasteiger partial charge in [-0.15, -0.1) is 0 Å². The molecule has 0 N–H and O–H groups in total. The van der Waals surface area contributed by atoms with E-state index in [9.17, 15) is 4.79 Å². The molecule has 0 aliphatic heterocycles. The third-order valence-electron chi connectivity index (χ3n) is 2.10. The van der Waals surface area contributed by atoms with Gasteiger partial charge in [-0.25, -0.2) is 0 Å². The molecule has 0 spiro atoms. The molecule has 2 rings (SSSR count). The zero-order valence-electron chi connectivity index (χ0n) is 8.34. The van der Waals surface area contributed by atoms with Crippen molar-refractivity contribution in [2.24, 2.45) is 0 Å². The van der Waals surface area contributed by atoms with E-state index in [4.69, 9.17) is 8.83 Å². The molecule has 0 saturated carbocycles. The van der Waals surface area contributed by atoms with Gasteiger partial charge >= 0.3 is 0 Å². The van der Waals surface area contributed by atoms with Gasteiger partial charge in [0.15, 0.2) is 17.9 Å². The first-order valence-corrected chi connectivity index (χ1v) is 4.57. The Balaban J connectivity index is 2.07. The van der Waals surface area contributed by atoms with Gasteiger partial charge in [-0.1, -0.05) is 0 Å². The summed E-state index contributed by atoms with van der Waals surface area (Å²) in [5.74, 6) is 1.00. The van der Waals surface area contributed by atoms with Crippen molar-refractivity contribution >= 4 is 12.2 Å². The zero-order chi connectivity index (χ0) is 10.7. The number of carbonyl (C=O) groups is 1. The molecule has 0 atom stereocenters. The minimum absolute atomic E-state index is 0.337. The first-order valence-electron chi connectivity index (χ1n) is 4.57. The number of rotatable bonds is 4. The lowest BCUT2D eigenvalue weighted by molar-refractivity contribution is 0.110. The van der Waals surface area contributed by atoms with E-state index in [2.05, 4.69) is 0 Å². The highest BCUT2D eigenvalue weighted by atomic mass is 16.4. The van der Waals surface area contributed by atoms with Crippen LogP contribution in [0.1, 0.15) is 16.1 Å². The fourth-order valence-electron chi connectivity index (χ4n) is 1.35. The molecule has 0 aliphatic rings. The molecule has 15 heavy (non-hydrogen) atoms. The van der Waals surface area contributed by atoms with Crippen molar-refractivity contribution in [2.75, 3.05) is 11.9 Å². The van der Waals surface area contributed by atoms with Crippen LogP contribution < -0.4 is 4.90 Å². The van der Waals surface area contributed by atoms with Crippen LogP contribution in [0, 0.1) is 0 Å². The van der Waals surface area contributed by atoms with Crippen LogP contribution in [0.4, 0.5) is 5.88 Å². The first-order chi connectivity index (χ1) is 7.29. The Kier molecular flexibility index (Phi) is 2.58. The molecule has 2 aromatic rings. The summed E-state index contributed by atoms with van der Waals surface area (Å²) in [6.45, 7) is 0.683. The van der Waals surface area contributed by atoms with Gasteiger partial charge in [0.05, 0.1) is 12.5 Å². The zero-order valence-corrected chi connectivity index (χ0v) is 8.34. The van der Waals surface area contributed by atoms with Gasteiger partial charge in [-0.2, -0.15) is 0 Å². The average Bonchev–Trinajstić information content (AvgIpc) is 2.86. The molecule has 0 amide bonds. The van der Waals surface area contributed by atoms with Gasteiger partial charge in [-0.05, 0) is 12.1 Å². The standard InChI is InChI=1S/C11H11NO3/c1-12(6-9-4-5-14-8-9)11-3-2-10(7-13)15-11/h2-5,7-8H,6H2,1H3. The van der Waals surface area contributed by atoms with E-state index in [0.717, 1.165) is 5.56 Å². The van der Waals surface area contributed by atoms with Crippen LogP contribution in [0.3, 0.4) is 0 Å². The SMILES string of the molecule is CN(Cc1ccoc1)c1ccc(C=O)o1. The monoisotopic (exact) mass is 205 g/mol. The number of hydrogen-bond donors (Lipinski definition) is 0. The normalized spacial score (nSPS) is 10.2. The smallest absolute Gasteiger partial charge is 0.196 e. The topological polar surface area (TPSA) is 46.6 Å².